The molecule has 0 unspecified atom stereocenters. The molecule has 0 aromatic carbocycles. The van der Waals surface area contributed by atoms with Crippen molar-refractivity contribution in [3.63, 3.8) is 0 Å². The Labute approximate surface area is 86.6 Å². The standard InChI is InChI=1S/C10H12N2O3/c1-12-6(9(13)14)4-7-8(12)11-5-10(15-7)2-3-10/h4,11H,2-3,5H2,1H3,(H,13,14). The lowest BCUT2D eigenvalue weighted by Gasteiger charge is -2.25. The molecule has 2 N–H and O–H groups in total. The van der Waals surface area contributed by atoms with Gasteiger partial charge in [0.25, 0.3) is 0 Å². The first-order valence-electron chi connectivity index (χ1n) is 4.97. The number of carbonyl (C=O) groups is 1. The molecule has 0 atom stereocenters. The lowest BCUT2D eigenvalue weighted by Crippen LogP contribution is -2.32. The summed E-state index contributed by atoms with van der Waals surface area (Å²) in [5.74, 6) is 0.505. The normalized spacial score (nSPS) is 20.3. The largest absolute Gasteiger partial charge is 0.482 e. The summed E-state index contributed by atoms with van der Waals surface area (Å²) >= 11 is 0. The zero-order valence-corrected chi connectivity index (χ0v) is 8.41. The van der Waals surface area contributed by atoms with Gasteiger partial charge in [-0.3, -0.25) is 0 Å². The lowest BCUT2D eigenvalue weighted by molar-refractivity contribution is 0.0686. The molecule has 1 aromatic heterocycles. The molecule has 5 nitrogen and oxygen atoms in total. The Bertz CT molecular complexity index is 446. The van der Waals surface area contributed by atoms with E-state index in [0.717, 1.165) is 25.2 Å². The quantitative estimate of drug-likeness (QED) is 0.724. The fraction of sp³-hybridized carbons (Fsp3) is 0.500. The third-order valence-corrected chi connectivity index (χ3v) is 3.13. The first-order valence-corrected chi connectivity index (χ1v) is 4.97. The van der Waals surface area contributed by atoms with Crippen LogP contribution in [0.5, 0.6) is 5.75 Å². The lowest BCUT2D eigenvalue weighted by atomic mass is 10.3. The molecule has 2 heterocycles. The van der Waals surface area contributed by atoms with Crippen LogP contribution in [-0.4, -0.2) is 27.8 Å². The average molecular weight is 208 g/mol. The second-order valence-electron chi connectivity index (χ2n) is 4.25. The molecule has 3 rings (SSSR count). The number of carboxylic acid groups (broad SMARTS) is 1. The average Bonchev–Trinajstić information content (AvgIpc) is 2.84. The number of rotatable bonds is 1. The summed E-state index contributed by atoms with van der Waals surface area (Å²) in [5, 5.41) is 12.2. The Morgan fingerprint density at radius 3 is 3.00 bits per heavy atom. The summed E-state index contributed by atoms with van der Waals surface area (Å²) in [7, 11) is 1.73. The minimum atomic E-state index is -0.929. The maximum atomic E-state index is 10.9. The molecule has 0 radical (unpaired) electrons. The third-order valence-electron chi connectivity index (χ3n) is 3.13. The minimum Gasteiger partial charge on any atom is -0.482 e. The van der Waals surface area contributed by atoms with Gasteiger partial charge >= 0.3 is 5.97 Å². The summed E-state index contributed by atoms with van der Waals surface area (Å²) in [5.41, 5.74) is 0.203. The molecule has 0 bridgehead atoms. The Morgan fingerprint density at radius 1 is 1.67 bits per heavy atom. The van der Waals surface area contributed by atoms with Crippen molar-refractivity contribution >= 4 is 11.8 Å². The fourth-order valence-electron chi connectivity index (χ4n) is 2.00. The fourth-order valence-corrected chi connectivity index (χ4v) is 2.00. The SMILES string of the molecule is Cn1c(C(=O)O)cc2c1NCC1(CC1)O2. The number of hydrogen-bond acceptors (Lipinski definition) is 3. The highest BCUT2D eigenvalue weighted by atomic mass is 16.5. The first kappa shape index (κ1) is 8.64. The van der Waals surface area contributed by atoms with Crippen LogP contribution in [0, 0.1) is 0 Å². The predicted octanol–water partition coefficient (Wildman–Crippen LogP) is 1.06. The molecule has 0 saturated heterocycles. The summed E-state index contributed by atoms with van der Waals surface area (Å²) in [4.78, 5) is 10.9. The van der Waals surface area contributed by atoms with Gasteiger partial charge in [-0.25, -0.2) is 4.79 Å². The molecule has 1 aliphatic carbocycles. The van der Waals surface area contributed by atoms with E-state index in [9.17, 15) is 4.79 Å². The van der Waals surface area contributed by atoms with Gasteiger partial charge in [-0.05, 0) is 12.8 Å². The van der Waals surface area contributed by atoms with Gasteiger partial charge in [-0.2, -0.15) is 0 Å². The summed E-state index contributed by atoms with van der Waals surface area (Å²) in [6.45, 7) is 0.775. The highest BCUT2D eigenvalue weighted by molar-refractivity contribution is 5.88. The minimum absolute atomic E-state index is 0.0515. The van der Waals surface area contributed by atoms with Crippen LogP contribution >= 0.6 is 0 Å². The molecular weight excluding hydrogens is 196 g/mol. The van der Waals surface area contributed by atoms with Crippen LogP contribution in [0.25, 0.3) is 0 Å². The van der Waals surface area contributed by atoms with Crippen molar-refractivity contribution in [1.82, 2.24) is 4.57 Å². The van der Waals surface area contributed by atoms with Gasteiger partial charge in [0.1, 0.15) is 17.1 Å². The Balaban J connectivity index is 2.04. The highest BCUT2D eigenvalue weighted by Gasteiger charge is 2.48. The smallest absolute Gasteiger partial charge is 0.352 e. The number of carboxylic acids is 1. The first-order chi connectivity index (χ1) is 7.11. The van der Waals surface area contributed by atoms with Crippen molar-refractivity contribution in [2.75, 3.05) is 11.9 Å². The van der Waals surface area contributed by atoms with Crippen molar-refractivity contribution < 1.29 is 14.6 Å². The van der Waals surface area contributed by atoms with Crippen molar-refractivity contribution in [1.29, 1.82) is 0 Å². The van der Waals surface area contributed by atoms with Gasteiger partial charge in [-0.15, -0.1) is 0 Å². The number of hydrogen-bond donors (Lipinski definition) is 2. The van der Waals surface area contributed by atoms with E-state index in [1.165, 1.54) is 0 Å². The van der Waals surface area contributed by atoms with Crippen LogP contribution < -0.4 is 10.1 Å². The number of fused-ring (bicyclic) bond motifs is 1. The summed E-state index contributed by atoms with van der Waals surface area (Å²) in [6, 6.07) is 1.59. The van der Waals surface area contributed by atoms with E-state index in [4.69, 9.17) is 9.84 Å². The van der Waals surface area contributed by atoms with Crippen LogP contribution in [0.3, 0.4) is 0 Å². The summed E-state index contributed by atoms with van der Waals surface area (Å²) < 4.78 is 7.41. The van der Waals surface area contributed by atoms with Crippen molar-refractivity contribution in [2.24, 2.45) is 7.05 Å². The highest BCUT2D eigenvalue weighted by Crippen LogP contribution is 2.46. The van der Waals surface area contributed by atoms with E-state index >= 15 is 0 Å². The molecule has 1 aliphatic heterocycles. The Morgan fingerprint density at radius 2 is 2.40 bits per heavy atom. The van der Waals surface area contributed by atoms with Crippen molar-refractivity contribution in [2.45, 2.75) is 18.4 Å². The van der Waals surface area contributed by atoms with Gasteiger partial charge in [0.15, 0.2) is 5.75 Å². The molecule has 1 aromatic rings. The van der Waals surface area contributed by atoms with Gasteiger partial charge < -0.3 is 19.7 Å². The van der Waals surface area contributed by atoms with Crippen LogP contribution in [0.1, 0.15) is 23.3 Å². The zero-order valence-electron chi connectivity index (χ0n) is 8.41. The predicted molar refractivity (Wildman–Crippen MR) is 53.5 cm³/mol. The van der Waals surface area contributed by atoms with Crippen LogP contribution in [0.15, 0.2) is 6.07 Å². The number of nitrogens with one attached hydrogen (secondary N) is 1. The maximum absolute atomic E-state index is 10.9. The molecular formula is C10H12N2O3. The van der Waals surface area contributed by atoms with E-state index in [1.54, 1.807) is 17.7 Å². The molecule has 5 heteroatoms. The molecule has 80 valence electrons. The Kier molecular flexibility index (Phi) is 1.43. The van der Waals surface area contributed by atoms with Gasteiger partial charge in [-0.1, -0.05) is 0 Å². The molecule has 0 amide bonds. The van der Waals surface area contributed by atoms with Crippen molar-refractivity contribution in [3.05, 3.63) is 11.8 Å². The number of aromatic carboxylic acids is 1. The third kappa shape index (κ3) is 1.12. The van der Waals surface area contributed by atoms with Gasteiger partial charge in [0.2, 0.25) is 0 Å². The van der Waals surface area contributed by atoms with E-state index in [0.29, 0.717) is 5.75 Å². The van der Waals surface area contributed by atoms with Gasteiger partial charge in [0, 0.05) is 13.1 Å². The monoisotopic (exact) mass is 208 g/mol. The second-order valence-corrected chi connectivity index (χ2v) is 4.25. The topological polar surface area (TPSA) is 63.5 Å². The molecule has 1 spiro atoms. The molecule has 1 saturated carbocycles. The number of aromatic nitrogens is 1. The van der Waals surface area contributed by atoms with Crippen LogP contribution in [-0.2, 0) is 7.05 Å². The van der Waals surface area contributed by atoms with E-state index in [2.05, 4.69) is 5.32 Å². The number of anilines is 1. The molecule has 2 aliphatic rings. The van der Waals surface area contributed by atoms with Crippen LogP contribution in [0.2, 0.25) is 0 Å². The zero-order chi connectivity index (χ0) is 10.6. The Hall–Kier alpha value is -1.65. The second kappa shape index (κ2) is 2.48. The molecule has 15 heavy (non-hydrogen) atoms. The van der Waals surface area contributed by atoms with E-state index in [1.807, 2.05) is 0 Å². The maximum Gasteiger partial charge on any atom is 0.352 e. The number of ether oxygens (including phenoxy) is 1. The molecule has 1 fully saturated rings. The van der Waals surface area contributed by atoms with Crippen LogP contribution in [0.4, 0.5) is 5.82 Å². The number of nitrogens with zero attached hydrogens (tertiary/aromatic N) is 1. The van der Waals surface area contributed by atoms with Crippen molar-refractivity contribution in [3.8, 4) is 5.75 Å². The van der Waals surface area contributed by atoms with E-state index in [-0.39, 0.29) is 11.3 Å². The summed E-state index contributed by atoms with van der Waals surface area (Å²) in [6.07, 6.45) is 2.10. The van der Waals surface area contributed by atoms with Gasteiger partial charge in [0.05, 0.1) is 6.54 Å². The van der Waals surface area contributed by atoms with E-state index < -0.39 is 5.97 Å².